The van der Waals surface area contributed by atoms with Crippen molar-refractivity contribution in [3.05, 3.63) is 130 Å². The van der Waals surface area contributed by atoms with Crippen LogP contribution in [0.5, 0.6) is 0 Å². The zero-order chi connectivity index (χ0) is 27.8. The minimum absolute atomic E-state index is 0.0816. The van der Waals surface area contributed by atoms with Crippen molar-refractivity contribution in [3.8, 4) is 0 Å². The summed E-state index contributed by atoms with van der Waals surface area (Å²) < 4.78 is -0.595. The van der Waals surface area contributed by atoms with Gasteiger partial charge in [-0.05, 0) is 48.9 Å². The van der Waals surface area contributed by atoms with Crippen molar-refractivity contribution in [2.45, 2.75) is 60.7 Å². The first kappa shape index (κ1) is 27.9. The van der Waals surface area contributed by atoms with Gasteiger partial charge in [0.15, 0.2) is 0 Å². The van der Waals surface area contributed by atoms with Crippen LogP contribution in [0.1, 0.15) is 48.4 Å². The Morgan fingerprint density at radius 1 is 0.821 bits per heavy atom. The number of hydrogen-bond donors (Lipinski definition) is 1. The molecule has 39 heavy (non-hydrogen) atoms. The number of nitrogens with zero attached hydrogens (tertiary/aromatic N) is 1. The van der Waals surface area contributed by atoms with E-state index in [0.717, 1.165) is 21.6 Å². The van der Waals surface area contributed by atoms with Crippen molar-refractivity contribution in [3.63, 3.8) is 0 Å². The Balaban J connectivity index is 1.79. The number of thioether (sulfide) groups is 1. The standard InChI is InChI=1S/C33H37NO2S2Si/c1-31(2,3)34-29(36)33(39(4)5,28(35)27-22-15-23-37-27)30(34)38-32(24-16-9-6-10-17-24,25-18-11-7-12-19-25)26-20-13-8-14-21-26/h6-23,28,30,35,39H,1-5H3. The van der Waals surface area contributed by atoms with E-state index in [9.17, 15) is 9.90 Å². The van der Waals surface area contributed by atoms with Gasteiger partial charge < -0.3 is 10.0 Å². The van der Waals surface area contributed by atoms with E-state index in [-0.39, 0.29) is 11.3 Å². The van der Waals surface area contributed by atoms with Gasteiger partial charge in [-0.2, -0.15) is 0 Å². The predicted octanol–water partition coefficient (Wildman–Crippen LogP) is 7.70. The van der Waals surface area contributed by atoms with Gasteiger partial charge in [-0.3, -0.25) is 4.79 Å². The van der Waals surface area contributed by atoms with Crippen molar-refractivity contribution >= 4 is 37.8 Å². The second-order valence-corrected chi connectivity index (χ2v) is 17.1. The lowest BCUT2D eigenvalue weighted by atomic mass is 9.83. The largest absolute Gasteiger partial charge is 0.387 e. The second kappa shape index (κ2) is 10.7. The Kier molecular flexibility index (Phi) is 7.68. The number of rotatable bonds is 8. The molecule has 0 saturated carbocycles. The van der Waals surface area contributed by atoms with Crippen LogP contribution < -0.4 is 0 Å². The van der Waals surface area contributed by atoms with Crippen molar-refractivity contribution < 1.29 is 9.90 Å². The molecule has 1 saturated heterocycles. The molecule has 5 rings (SSSR count). The fraction of sp³-hybridized carbons (Fsp3) is 0.303. The van der Waals surface area contributed by atoms with Crippen LogP contribution in [0.15, 0.2) is 109 Å². The average Bonchev–Trinajstić information content (AvgIpc) is 3.47. The number of benzene rings is 3. The molecule has 0 radical (unpaired) electrons. The molecule has 1 aliphatic rings. The zero-order valence-electron chi connectivity index (χ0n) is 23.2. The van der Waals surface area contributed by atoms with Gasteiger partial charge in [-0.25, -0.2) is 0 Å². The molecule has 1 aromatic heterocycles. The fourth-order valence-electron chi connectivity index (χ4n) is 6.05. The van der Waals surface area contributed by atoms with Crippen molar-refractivity contribution in [1.29, 1.82) is 0 Å². The number of aliphatic hydroxyl groups excluding tert-OH is 1. The zero-order valence-corrected chi connectivity index (χ0v) is 26.0. The summed E-state index contributed by atoms with van der Waals surface area (Å²) in [5.74, 6) is 0.0816. The van der Waals surface area contributed by atoms with Crippen LogP contribution in [0.3, 0.4) is 0 Å². The van der Waals surface area contributed by atoms with Gasteiger partial charge in [-0.1, -0.05) is 110 Å². The van der Waals surface area contributed by atoms with Crippen LogP contribution in [0.4, 0.5) is 0 Å². The lowest BCUT2D eigenvalue weighted by Gasteiger charge is -2.64. The number of thiophene rings is 1. The molecule has 3 aromatic carbocycles. The van der Waals surface area contributed by atoms with Crippen molar-refractivity contribution in [2.24, 2.45) is 0 Å². The number of aliphatic hydroxyl groups is 1. The molecule has 1 aliphatic heterocycles. The van der Waals surface area contributed by atoms with Gasteiger partial charge in [0.25, 0.3) is 0 Å². The summed E-state index contributed by atoms with van der Waals surface area (Å²) in [6.07, 6.45) is -0.840. The maximum absolute atomic E-state index is 14.4. The van der Waals surface area contributed by atoms with Crippen LogP contribution in [0, 0.1) is 0 Å². The topological polar surface area (TPSA) is 40.5 Å². The number of amides is 1. The molecule has 1 amide bonds. The maximum atomic E-state index is 14.4. The summed E-state index contributed by atoms with van der Waals surface area (Å²) in [5.41, 5.74) is 3.08. The summed E-state index contributed by atoms with van der Waals surface area (Å²) in [5, 5.41) is 13.0. The van der Waals surface area contributed by atoms with Gasteiger partial charge in [0.2, 0.25) is 5.91 Å². The number of likely N-dealkylation sites (tertiary alicyclic amines) is 1. The van der Waals surface area contributed by atoms with Gasteiger partial charge in [0.1, 0.15) is 6.10 Å². The summed E-state index contributed by atoms with van der Waals surface area (Å²) >= 11 is 3.36. The Bertz CT molecular complexity index is 1290. The Morgan fingerprint density at radius 3 is 1.64 bits per heavy atom. The van der Waals surface area contributed by atoms with Crippen LogP contribution >= 0.6 is 23.1 Å². The lowest BCUT2D eigenvalue weighted by molar-refractivity contribution is -0.164. The molecule has 0 bridgehead atoms. The lowest BCUT2D eigenvalue weighted by Crippen LogP contribution is -2.74. The molecule has 1 fully saturated rings. The van der Waals surface area contributed by atoms with Crippen molar-refractivity contribution in [1.82, 2.24) is 4.90 Å². The molecule has 202 valence electrons. The van der Waals surface area contributed by atoms with E-state index < -0.39 is 30.2 Å². The summed E-state index contributed by atoms with van der Waals surface area (Å²) in [4.78, 5) is 17.3. The molecule has 3 unspecified atom stereocenters. The van der Waals surface area contributed by atoms with Crippen LogP contribution in [0.2, 0.25) is 18.1 Å². The first-order valence-electron chi connectivity index (χ1n) is 13.5. The molecule has 4 aromatic rings. The van der Waals surface area contributed by atoms with E-state index in [4.69, 9.17) is 0 Å². The molecule has 6 heteroatoms. The summed E-state index contributed by atoms with van der Waals surface area (Å²) in [7, 11) is -1.77. The van der Waals surface area contributed by atoms with Gasteiger partial charge in [-0.15, -0.1) is 23.1 Å². The highest BCUT2D eigenvalue weighted by molar-refractivity contribution is 8.01. The Morgan fingerprint density at radius 2 is 1.28 bits per heavy atom. The Hall–Kier alpha value is -2.64. The quantitative estimate of drug-likeness (QED) is 0.134. The first-order chi connectivity index (χ1) is 18.6. The summed E-state index contributed by atoms with van der Waals surface area (Å²) in [6, 6.07) is 35.8. The van der Waals surface area contributed by atoms with E-state index in [1.807, 2.05) is 34.2 Å². The molecule has 2 heterocycles. The SMILES string of the molecule is C[SiH](C)C1(C(O)c2cccs2)C(=O)N(C(C)(C)C)C1SC(c1ccccc1)(c1ccccc1)c1ccccc1. The van der Waals surface area contributed by atoms with E-state index in [2.05, 4.69) is 125 Å². The highest BCUT2D eigenvalue weighted by atomic mass is 32.2. The van der Waals surface area contributed by atoms with Crippen molar-refractivity contribution in [2.75, 3.05) is 0 Å². The van der Waals surface area contributed by atoms with Gasteiger partial charge in [0.05, 0.1) is 24.0 Å². The van der Waals surface area contributed by atoms with Gasteiger partial charge in [0, 0.05) is 10.4 Å². The third-order valence-electron chi connectivity index (χ3n) is 8.00. The van der Waals surface area contributed by atoms with E-state index in [1.165, 1.54) is 11.3 Å². The fourth-order valence-corrected chi connectivity index (χ4v) is 12.2. The molecular formula is C33H37NO2S2Si. The van der Waals surface area contributed by atoms with Gasteiger partial charge >= 0.3 is 0 Å². The van der Waals surface area contributed by atoms with E-state index in [1.54, 1.807) is 0 Å². The maximum Gasteiger partial charge on any atom is 0.232 e. The van der Waals surface area contributed by atoms with Crippen LogP contribution in [-0.4, -0.2) is 35.6 Å². The van der Waals surface area contributed by atoms with E-state index in [0.29, 0.717) is 0 Å². The second-order valence-electron chi connectivity index (χ2n) is 11.6. The predicted molar refractivity (Wildman–Crippen MR) is 168 cm³/mol. The number of hydrogen-bond acceptors (Lipinski definition) is 4. The number of β-lactam (4-membered cyclic amide) rings is 1. The molecule has 0 spiro atoms. The highest BCUT2D eigenvalue weighted by Gasteiger charge is 2.70. The molecular weight excluding hydrogens is 535 g/mol. The van der Waals surface area contributed by atoms with E-state index >= 15 is 0 Å². The normalized spacial score (nSPS) is 20.6. The smallest absolute Gasteiger partial charge is 0.232 e. The molecule has 1 N–H and O–H groups in total. The minimum atomic E-state index is -1.77. The molecule has 0 aliphatic carbocycles. The molecule has 3 atom stereocenters. The third-order valence-corrected chi connectivity index (χ3v) is 13.8. The number of carbonyl (C=O) groups is 1. The monoisotopic (exact) mass is 571 g/mol. The summed E-state index contributed by atoms with van der Waals surface area (Å²) in [6.45, 7) is 10.8. The molecule has 3 nitrogen and oxygen atoms in total. The number of carbonyl (C=O) groups excluding carboxylic acids is 1. The average molecular weight is 572 g/mol. The highest BCUT2D eigenvalue weighted by Crippen LogP contribution is 2.67. The third kappa shape index (κ3) is 4.51. The Labute approximate surface area is 242 Å². The van der Waals surface area contributed by atoms with Crippen LogP contribution in [0.25, 0.3) is 0 Å². The van der Waals surface area contributed by atoms with Crippen LogP contribution in [-0.2, 0) is 9.54 Å². The first-order valence-corrected chi connectivity index (χ1v) is 18.2. The minimum Gasteiger partial charge on any atom is -0.387 e.